The number of hydrogen-bond acceptors (Lipinski definition) is 4. The molecule has 1 N–H and O–H groups in total. The molecule has 6 heteroatoms. The van der Waals surface area contributed by atoms with Crippen LogP contribution in [0.2, 0.25) is 0 Å². The summed E-state index contributed by atoms with van der Waals surface area (Å²) in [4.78, 5) is 16.3. The van der Waals surface area contributed by atoms with Crippen LogP contribution in [0.5, 0.6) is 0 Å². The van der Waals surface area contributed by atoms with Crippen LogP contribution in [0.25, 0.3) is 10.9 Å². The van der Waals surface area contributed by atoms with E-state index >= 15 is 0 Å². The molecule has 2 aromatic rings. The van der Waals surface area contributed by atoms with Gasteiger partial charge < -0.3 is 10.1 Å². The van der Waals surface area contributed by atoms with Gasteiger partial charge in [-0.2, -0.15) is 5.10 Å². The van der Waals surface area contributed by atoms with Crippen LogP contribution in [0.1, 0.15) is 57.5 Å². The van der Waals surface area contributed by atoms with Crippen molar-refractivity contribution < 1.29 is 9.53 Å². The van der Waals surface area contributed by atoms with E-state index in [1.54, 1.807) is 0 Å². The zero-order valence-electron chi connectivity index (χ0n) is 15.1. The number of nitrogens with one attached hydrogen (secondary N) is 1. The van der Waals surface area contributed by atoms with Gasteiger partial charge in [-0.15, -0.1) is 0 Å². The first-order valence-corrected chi connectivity index (χ1v) is 8.54. The lowest BCUT2D eigenvalue weighted by Crippen LogP contribution is -2.38. The van der Waals surface area contributed by atoms with Crippen LogP contribution in [0.3, 0.4) is 0 Å². The Morgan fingerprint density at radius 1 is 1.29 bits per heavy atom. The second-order valence-electron chi connectivity index (χ2n) is 7.63. The standard InChI is InChI=1S/C18H26N4O2/c1-11-16-12(2)21-22(15(16)8-9-19-11)14-7-6-13(10-14)20-17(23)24-18(3,4)5/h8-9,13-14H,6-7,10H2,1-5H3,(H,20,23)/t13-,14-/m0/s1. The molecular formula is C18H26N4O2. The number of nitrogens with zero attached hydrogens (tertiary/aromatic N) is 3. The lowest BCUT2D eigenvalue weighted by atomic mass is 10.2. The lowest BCUT2D eigenvalue weighted by molar-refractivity contribution is 0.0504. The average Bonchev–Trinajstić information content (AvgIpc) is 3.02. The number of carbonyl (C=O) groups is 1. The maximum Gasteiger partial charge on any atom is 0.407 e. The van der Waals surface area contributed by atoms with Crippen LogP contribution in [-0.2, 0) is 4.74 Å². The molecule has 24 heavy (non-hydrogen) atoms. The van der Waals surface area contributed by atoms with Crippen molar-refractivity contribution >= 4 is 17.0 Å². The molecule has 0 bridgehead atoms. The monoisotopic (exact) mass is 330 g/mol. The number of hydrogen-bond donors (Lipinski definition) is 1. The largest absolute Gasteiger partial charge is 0.444 e. The SMILES string of the molecule is Cc1nccc2c1c(C)nn2[C@H]1CC[C@H](NC(=O)OC(C)(C)C)C1. The minimum absolute atomic E-state index is 0.132. The fourth-order valence-corrected chi connectivity index (χ4v) is 3.52. The third-order valence-electron chi connectivity index (χ3n) is 4.46. The third kappa shape index (κ3) is 3.37. The van der Waals surface area contributed by atoms with Crippen molar-refractivity contribution in [3.8, 4) is 0 Å². The first-order chi connectivity index (χ1) is 11.2. The van der Waals surface area contributed by atoms with Gasteiger partial charge in [-0.3, -0.25) is 9.67 Å². The van der Waals surface area contributed by atoms with Crippen LogP contribution in [0.4, 0.5) is 4.79 Å². The number of fused-ring (bicyclic) bond motifs is 1. The van der Waals surface area contributed by atoms with Gasteiger partial charge in [0.25, 0.3) is 0 Å². The van der Waals surface area contributed by atoms with Crippen molar-refractivity contribution in [1.29, 1.82) is 0 Å². The van der Waals surface area contributed by atoms with Crippen molar-refractivity contribution in [2.24, 2.45) is 0 Å². The summed E-state index contributed by atoms with van der Waals surface area (Å²) in [5.74, 6) is 0. The average molecular weight is 330 g/mol. The zero-order chi connectivity index (χ0) is 17.5. The zero-order valence-corrected chi connectivity index (χ0v) is 15.1. The van der Waals surface area contributed by atoms with Crippen LogP contribution in [-0.4, -0.2) is 32.5 Å². The van der Waals surface area contributed by atoms with E-state index in [1.165, 1.54) is 0 Å². The van der Waals surface area contributed by atoms with E-state index in [9.17, 15) is 4.79 Å². The fraction of sp³-hybridized carbons (Fsp3) is 0.611. The maximum absolute atomic E-state index is 12.0. The topological polar surface area (TPSA) is 69.0 Å². The molecule has 0 aromatic carbocycles. The number of pyridine rings is 1. The first kappa shape index (κ1) is 16.7. The number of aryl methyl sites for hydroxylation is 2. The Labute approximate surface area is 142 Å². The van der Waals surface area contributed by atoms with Crippen molar-refractivity contribution in [2.75, 3.05) is 0 Å². The fourth-order valence-electron chi connectivity index (χ4n) is 3.52. The number of ether oxygens (including phenoxy) is 1. The molecule has 0 aliphatic heterocycles. The molecule has 1 aliphatic carbocycles. The Hall–Kier alpha value is -2.11. The quantitative estimate of drug-likeness (QED) is 0.912. The first-order valence-electron chi connectivity index (χ1n) is 8.54. The number of rotatable bonds is 2. The Bertz CT molecular complexity index is 760. The smallest absolute Gasteiger partial charge is 0.407 e. The van der Waals surface area contributed by atoms with E-state index in [-0.39, 0.29) is 12.1 Å². The normalized spacial score (nSPS) is 21.2. The molecule has 0 radical (unpaired) electrons. The molecule has 1 saturated carbocycles. The molecule has 130 valence electrons. The highest BCUT2D eigenvalue weighted by molar-refractivity contribution is 5.83. The van der Waals surface area contributed by atoms with E-state index in [1.807, 2.05) is 46.9 Å². The summed E-state index contributed by atoms with van der Waals surface area (Å²) in [6.07, 6.45) is 4.30. The highest BCUT2D eigenvalue weighted by Crippen LogP contribution is 2.33. The Morgan fingerprint density at radius 3 is 2.75 bits per heavy atom. The number of alkyl carbamates (subject to hydrolysis) is 1. The number of aromatic nitrogens is 3. The molecule has 0 spiro atoms. The van der Waals surface area contributed by atoms with Crippen LogP contribution in [0, 0.1) is 13.8 Å². The summed E-state index contributed by atoms with van der Waals surface area (Å²) in [6.45, 7) is 9.67. The molecule has 0 saturated heterocycles. The minimum atomic E-state index is -0.470. The van der Waals surface area contributed by atoms with Crippen molar-refractivity contribution in [3.05, 3.63) is 23.7 Å². The predicted octanol–water partition coefficient (Wildman–Crippen LogP) is 3.67. The molecule has 3 rings (SSSR count). The summed E-state index contributed by atoms with van der Waals surface area (Å²) in [5, 5.41) is 8.86. The van der Waals surface area contributed by atoms with E-state index < -0.39 is 5.60 Å². The predicted molar refractivity (Wildman–Crippen MR) is 93.0 cm³/mol. The van der Waals surface area contributed by atoms with Gasteiger partial charge in [0.05, 0.1) is 17.3 Å². The molecule has 1 fully saturated rings. The summed E-state index contributed by atoms with van der Waals surface area (Å²) in [5.41, 5.74) is 2.68. The Morgan fingerprint density at radius 2 is 2.04 bits per heavy atom. The van der Waals surface area contributed by atoms with Gasteiger partial charge in [0.15, 0.2) is 0 Å². The number of amides is 1. The van der Waals surface area contributed by atoms with Crippen LogP contribution >= 0.6 is 0 Å². The third-order valence-corrected chi connectivity index (χ3v) is 4.46. The summed E-state index contributed by atoms with van der Waals surface area (Å²) in [6, 6.07) is 2.45. The molecule has 0 unspecified atom stereocenters. The second-order valence-corrected chi connectivity index (χ2v) is 7.63. The van der Waals surface area contributed by atoms with E-state index in [0.29, 0.717) is 6.04 Å². The highest BCUT2D eigenvalue weighted by Gasteiger charge is 2.30. The lowest BCUT2D eigenvalue weighted by Gasteiger charge is -2.21. The van der Waals surface area contributed by atoms with Crippen LogP contribution < -0.4 is 5.32 Å². The Kier molecular flexibility index (Phi) is 4.24. The van der Waals surface area contributed by atoms with Crippen molar-refractivity contribution in [1.82, 2.24) is 20.1 Å². The van der Waals surface area contributed by atoms with Gasteiger partial charge >= 0.3 is 6.09 Å². The van der Waals surface area contributed by atoms with E-state index in [2.05, 4.69) is 15.0 Å². The number of carbonyl (C=O) groups excluding carboxylic acids is 1. The minimum Gasteiger partial charge on any atom is -0.444 e. The summed E-state index contributed by atoms with van der Waals surface area (Å²) < 4.78 is 7.46. The van der Waals surface area contributed by atoms with Gasteiger partial charge in [-0.05, 0) is 59.9 Å². The highest BCUT2D eigenvalue weighted by atomic mass is 16.6. The van der Waals surface area contributed by atoms with E-state index in [0.717, 1.165) is 41.6 Å². The molecule has 2 heterocycles. The van der Waals surface area contributed by atoms with Gasteiger partial charge in [0, 0.05) is 23.3 Å². The van der Waals surface area contributed by atoms with Crippen molar-refractivity contribution in [3.63, 3.8) is 0 Å². The van der Waals surface area contributed by atoms with Gasteiger partial charge in [-0.1, -0.05) is 0 Å². The molecule has 2 atom stereocenters. The molecule has 2 aromatic heterocycles. The summed E-state index contributed by atoms with van der Waals surface area (Å²) in [7, 11) is 0. The molecule has 6 nitrogen and oxygen atoms in total. The van der Waals surface area contributed by atoms with E-state index in [4.69, 9.17) is 9.84 Å². The Balaban J connectivity index is 1.73. The molecular weight excluding hydrogens is 304 g/mol. The van der Waals surface area contributed by atoms with Gasteiger partial charge in [0.2, 0.25) is 0 Å². The molecule has 1 aliphatic rings. The van der Waals surface area contributed by atoms with Gasteiger partial charge in [0.1, 0.15) is 5.60 Å². The van der Waals surface area contributed by atoms with Gasteiger partial charge in [-0.25, -0.2) is 4.79 Å². The van der Waals surface area contributed by atoms with Crippen molar-refractivity contribution in [2.45, 2.75) is 71.6 Å². The summed E-state index contributed by atoms with van der Waals surface area (Å²) >= 11 is 0. The second kappa shape index (κ2) is 6.07. The molecule has 1 amide bonds. The maximum atomic E-state index is 12.0. The van der Waals surface area contributed by atoms with Crippen LogP contribution in [0.15, 0.2) is 12.3 Å².